The van der Waals surface area contributed by atoms with Gasteiger partial charge in [0.05, 0.1) is 4.90 Å². The van der Waals surface area contributed by atoms with Gasteiger partial charge in [0.25, 0.3) is 15.9 Å². The number of benzene rings is 2. The molecule has 1 N–H and O–H groups in total. The van der Waals surface area contributed by atoms with E-state index in [1.165, 1.54) is 17.7 Å². The molecule has 1 aliphatic heterocycles. The minimum Gasteiger partial charge on any atom is -0.339 e. The third-order valence-corrected chi connectivity index (χ3v) is 6.44. The number of aryl methyl sites for hydroxylation is 1. The summed E-state index contributed by atoms with van der Waals surface area (Å²) in [6.07, 6.45) is 6.37. The molecule has 0 radical (unpaired) electrons. The van der Waals surface area contributed by atoms with Gasteiger partial charge in [-0.15, -0.1) is 0 Å². The van der Waals surface area contributed by atoms with Gasteiger partial charge in [-0.2, -0.15) is 0 Å². The van der Waals surface area contributed by atoms with Gasteiger partial charge < -0.3 is 4.90 Å². The molecule has 0 aromatic heterocycles. The van der Waals surface area contributed by atoms with Gasteiger partial charge in [0.2, 0.25) is 0 Å². The van der Waals surface area contributed by atoms with Crippen molar-refractivity contribution in [2.45, 2.75) is 50.3 Å². The van der Waals surface area contributed by atoms with Crippen LogP contribution in [0.1, 0.15) is 54.9 Å². The lowest BCUT2D eigenvalue weighted by atomic mass is 10.1. The third-order valence-electron chi connectivity index (χ3n) is 5.06. The zero-order valence-corrected chi connectivity index (χ0v) is 17.2. The fraction of sp³-hybridized carbons (Fsp3) is 0.409. The Morgan fingerprint density at radius 3 is 2.43 bits per heavy atom. The van der Waals surface area contributed by atoms with Crippen molar-refractivity contribution >= 4 is 21.6 Å². The molecule has 2 aromatic carbocycles. The van der Waals surface area contributed by atoms with E-state index in [-0.39, 0.29) is 10.8 Å². The first-order valence-electron chi connectivity index (χ1n) is 10.0. The number of nitrogens with one attached hydrogen (secondary N) is 1. The van der Waals surface area contributed by atoms with Crippen LogP contribution >= 0.6 is 0 Å². The van der Waals surface area contributed by atoms with E-state index in [0.29, 0.717) is 11.3 Å². The lowest BCUT2D eigenvalue weighted by Crippen LogP contribution is -2.35. The highest BCUT2D eigenvalue weighted by atomic mass is 32.2. The molecule has 1 amide bonds. The molecule has 0 spiro atoms. The van der Waals surface area contributed by atoms with Crippen molar-refractivity contribution in [3.05, 3.63) is 59.7 Å². The van der Waals surface area contributed by atoms with Gasteiger partial charge in [0.15, 0.2) is 0 Å². The van der Waals surface area contributed by atoms with Crippen molar-refractivity contribution in [2.75, 3.05) is 17.8 Å². The van der Waals surface area contributed by atoms with E-state index in [4.69, 9.17) is 0 Å². The Balaban J connectivity index is 1.73. The van der Waals surface area contributed by atoms with Crippen LogP contribution in [0, 0.1) is 0 Å². The molecule has 1 aliphatic rings. The van der Waals surface area contributed by atoms with E-state index < -0.39 is 10.0 Å². The maximum absolute atomic E-state index is 12.8. The summed E-state index contributed by atoms with van der Waals surface area (Å²) in [4.78, 5) is 14.6. The number of nitrogens with zero attached hydrogens (tertiary/aromatic N) is 1. The minimum absolute atomic E-state index is 0.1000. The molecular weight excluding hydrogens is 372 g/mol. The van der Waals surface area contributed by atoms with Crippen molar-refractivity contribution in [1.82, 2.24) is 4.90 Å². The van der Waals surface area contributed by atoms with E-state index in [2.05, 4.69) is 11.6 Å². The summed E-state index contributed by atoms with van der Waals surface area (Å²) < 4.78 is 28.2. The largest absolute Gasteiger partial charge is 0.339 e. The zero-order chi connectivity index (χ0) is 20.0. The molecule has 5 nitrogen and oxygen atoms in total. The molecule has 150 valence electrons. The van der Waals surface area contributed by atoms with Crippen LogP contribution < -0.4 is 4.72 Å². The summed E-state index contributed by atoms with van der Waals surface area (Å²) in [5.74, 6) is -0.1000. The molecule has 0 aliphatic carbocycles. The highest BCUT2D eigenvalue weighted by molar-refractivity contribution is 7.92. The second-order valence-electron chi connectivity index (χ2n) is 7.29. The second-order valence-corrected chi connectivity index (χ2v) is 8.97. The van der Waals surface area contributed by atoms with Gasteiger partial charge in [-0.05, 0) is 68.0 Å². The number of piperidine rings is 1. The van der Waals surface area contributed by atoms with E-state index >= 15 is 0 Å². The number of hydrogen-bond donors (Lipinski definition) is 1. The molecule has 2 aromatic rings. The summed E-state index contributed by atoms with van der Waals surface area (Å²) in [5.41, 5.74) is 2.13. The highest BCUT2D eigenvalue weighted by Crippen LogP contribution is 2.20. The number of anilines is 1. The van der Waals surface area contributed by atoms with Crippen LogP contribution in [0.5, 0.6) is 0 Å². The minimum atomic E-state index is -3.75. The number of carbonyl (C=O) groups is 1. The summed E-state index contributed by atoms with van der Waals surface area (Å²) in [5, 5.41) is 0. The third kappa shape index (κ3) is 5.13. The molecule has 6 heteroatoms. The van der Waals surface area contributed by atoms with Gasteiger partial charge >= 0.3 is 0 Å². The highest BCUT2D eigenvalue weighted by Gasteiger charge is 2.21. The number of rotatable bonds is 7. The summed E-state index contributed by atoms with van der Waals surface area (Å²) >= 11 is 0. The topological polar surface area (TPSA) is 66.5 Å². The molecule has 0 bridgehead atoms. The van der Waals surface area contributed by atoms with Crippen LogP contribution in [-0.2, 0) is 16.4 Å². The van der Waals surface area contributed by atoms with Crippen molar-refractivity contribution < 1.29 is 13.2 Å². The van der Waals surface area contributed by atoms with Crippen molar-refractivity contribution in [1.29, 1.82) is 0 Å². The Kier molecular flexibility index (Phi) is 6.73. The maximum Gasteiger partial charge on any atom is 0.261 e. The summed E-state index contributed by atoms with van der Waals surface area (Å²) in [6.45, 7) is 3.61. The van der Waals surface area contributed by atoms with E-state index in [1.54, 1.807) is 29.2 Å². The predicted molar refractivity (Wildman–Crippen MR) is 112 cm³/mol. The molecule has 1 saturated heterocycles. The quantitative estimate of drug-likeness (QED) is 0.746. The molecule has 28 heavy (non-hydrogen) atoms. The molecule has 3 rings (SSSR count). The molecule has 1 heterocycles. The monoisotopic (exact) mass is 400 g/mol. The average molecular weight is 401 g/mol. The standard InChI is InChI=1S/C22H28N2O3S/c1-2-3-8-18-11-13-20(14-12-18)23-28(26,27)21-10-7-9-19(17-21)22(25)24-15-5-4-6-16-24/h7,9-14,17,23H,2-6,8,15-16H2,1H3. The normalized spacial score (nSPS) is 14.7. The van der Waals surface area contributed by atoms with Gasteiger partial charge in [-0.25, -0.2) is 8.42 Å². The number of unbranched alkanes of at least 4 members (excludes halogenated alkanes) is 1. The zero-order valence-electron chi connectivity index (χ0n) is 16.4. The molecule has 0 saturated carbocycles. The fourth-order valence-electron chi connectivity index (χ4n) is 3.41. The van der Waals surface area contributed by atoms with Crippen LogP contribution in [0.3, 0.4) is 0 Å². The Bertz CT molecular complexity index is 902. The van der Waals surface area contributed by atoms with Crippen molar-refractivity contribution in [2.24, 2.45) is 0 Å². The lowest BCUT2D eigenvalue weighted by molar-refractivity contribution is 0.0724. The van der Waals surface area contributed by atoms with E-state index in [0.717, 1.165) is 51.6 Å². The molecular formula is C22H28N2O3S. The second kappa shape index (κ2) is 9.24. The number of amides is 1. The average Bonchev–Trinajstić information content (AvgIpc) is 2.73. The van der Waals surface area contributed by atoms with Crippen LogP contribution in [0.2, 0.25) is 0 Å². The van der Waals surface area contributed by atoms with Crippen LogP contribution in [0.15, 0.2) is 53.4 Å². The van der Waals surface area contributed by atoms with Gasteiger partial charge in [-0.1, -0.05) is 31.5 Å². The smallest absolute Gasteiger partial charge is 0.261 e. The Morgan fingerprint density at radius 1 is 1.04 bits per heavy atom. The van der Waals surface area contributed by atoms with Gasteiger partial charge in [0, 0.05) is 24.3 Å². The molecule has 1 fully saturated rings. The molecule has 0 atom stereocenters. The SMILES string of the molecule is CCCCc1ccc(NS(=O)(=O)c2cccc(C(=O)N3CCCCC3)c2)cc1. The van der Waals surface area contributed by atoms with Crippen molar-refractivity contribution in [3.63, 3.8) is 0 Å². The van der Waals surface area contributed by atoms with Crippen LogP contribution in [0.4, 0.5) is 5.69 Å². The number of likely N-dealkylation sites (tertiary alicyclic amines) is 1. The summed E-state index contributed by atoms with van der Waals surface area (Å²) in [6, 6.07) is 13.8. The summed E-state index contributed by atoms with van der Waals surface area (Å²) in [7, 11) is -3.75. The number of sulfonamides is 1. The van der Waals surface area contributed by atoms with E-state index in [1.807, 2.05) is 12.1 Å². The maximum atomic E-state index is 12.8. The van der Waals surface area contributed by atoms with E-state index in [9.17, 15) is 13.2 Å². The number of hydrogen-bond acceptors (Lipinski definition) is 3. The first-order valence-corrected chi connectivity index (χ1v) is 11.5. The van der Waals surface area contributed by atoms with Gasteiger partial charge in [-0.3, -0.25) is 9.52 Å². The van der Waals surface area contributed by atoms with Crippen molar-refractivity contribution in [3.8, 4) is 0 Å². The number of carbonyl (C=O) groups excluding carboxylic acids is 1. The lowest BCUT2D eigenvalue weighted by Gasteiger charge is -2.26. The molecule has 0 unspecified atom stereocenters. The van der Waals surface area contributed by atoms with Crippen LogP contribution in [-0.4, -0.2) is 32.3 Å². The Morgan fingerprint density at radius 2 is 1.75 bits per heavy atom. The Labute approximate surface area is 167 Å². The predicted octanol–water partition coefficient (Wildman–Crippen LogP) is 4.46. The fourth-order valence-corrected chi connectivity index (χ4v) is 4.51. The van der Waals surface area contributed by atoms with Gasteiger partial charge in [0.1, 0.15) is 0 Å². The van der Waals surface area contributed by atoms with Crippen LogP contribution in [0.25, 0.3) is 0 Å². The first kappa shape index (κ1) is 20.4. The Hall–Kier alpha value is -2.34. The first-order chi connectivity index (χ1) is 13.5.